The first-order chi connectivity index (χ1) is 10.7. The maximum Gasteiger partial charge on any atom is 0.248 e. The molecule has 0 aromatic carbocycles. The molecule has 24 heavy (non-hydrogen) atoms. The predicted molar refractivity (Wildman–Crippen MR) is 97.6 cm³/mol. The van der Waals surface area contributed by atoms with Gasteiger partial charge >= 0.3 is 0 Å². The first kappa shape index (κ1) is 20.4. The fourth-order valence-electron chi connectivity index (χ4n) is 2.97. The number of piperidine rings is 1. The molecule has 1 aliphatic rings. The Morgan fingerprint density at radius 2 is 2.04 bits per heavy atom. The van der Waals surface area contributed by atoms with Crippen molar-refractivity contribution < 1.29 is 4.79 Å². The summed E-state index contributed by atoms with van der Waals surface area (Å²) in [4.78, 5) is 17.1. The first-order valence-corrected chi connectivity index (χ1v) is 7.64. The van der Waals surface area contributed by atoms with Crippen molar-refractivity contribution in [1.82, 2.24) is 25.4 Å². The lowest BCUT2D eigenvalue weighted by Crippen LogP contribution is -2.55. The highest BCUT2D eigenvalue weighted by atomic mass is 35.5. The van der Waals surface area contributed by atoms with Crippen LogP contribution in [0.15, 0.2) is 43.0 Å². The molecular weight excluding hydrogens is 349 g/mol. The van der Waals surface area contributed by atoms with E-state index in [1.807, 2.05) is 31.3 Å². The summed E-state index contributed by atoms with van der Waals surface area (Å²) < 4.78 is 1.80. The third-order valence-corrected chi connectivity index (χ3v) is 4.33. The SMILES string of the molecule is C[C@H](NC(=O)C1(n2cccn2)CCNCC1)c1cccnc1.Cl.Cl. The number of hydrogen-bond donors (Lipinski definition) is 2. The van der Waals surface area contributed by atoms with E-state index in [1.54, 1.807) is 23.3 Å². The summed E-state index contributed by atoms with van der Waals surface area (Å²) in [5.41, 5.74) is 0.394. The predicted octanol–water partition coefficient (Wildman–Crippen LogP) is 2.08. The van der Waals surface area contributed by atoms with Crippen LogP contribution in [0.1, 0.15) is 31.4 Å². The molecule has 6 nitrogen and oxygen atoms in total. The van der Waals surface area contributed by atoms with E-state index >= 15 is 0 Å². The molecular formula is C16H23Cl2N5O. The first-order valence-electron chi connectivity index (χ1n) is 7.64. The molecule has 3 heterocycles. The van der Waals surface area contributed by atoms with E-state index in [0.29, 0.717) is 0 Å². The Morgan fingerprint density at radius 3 is 2.62 bits per heavy atom. The van der Waals surface area contributed by atoms with Crippen molar-refractivity contribution in [2.45, 2.75) is 31.3 Å². The largest absolute Gasteiger partial charge is 0.347 e. The van der Waals surface area contributed by atoms with Gasteiger partial charge in [-0.2, -0.15) is 5.10 Å². The molecule has 0 saturated carbocycles. The molecule has 1 fully saturated rings. The highest BCUT2D eigenvalue weighted by Crippen LogP contribution is 2.28. The minimum atomic E-state index is -0.606. The van der Waals surface area contributed by atoms with Crippen LogP contribution >= 0.6 is 24.8 Å². The van der Waals surface area contributed by atoms with Gasteiger partial charge in [-0.1, -0.05) is 6.07 Å². The topological polar surface area (TPSA) is 71.8 Å². The second-order valence-corrected chi connectivity index (χ2v) is 5.71. The third-order valence-electron chi connectivity index (χ3n) is 4.33. The summed E-state index contributed by atoms with van der Waals surface area (Å²) in [7, 11) is 0. The zero-order valence-corrected chi connectivity index (χ0v) is 15.1. The number of pyridine rings is 1. The number of hydrogen-bond acceptors (Lipinski definition) is 4. The molecule has 1 atom stereocenters. The van der Waals surface area contributed by atoms with Gasteiger partial charge in [-0.05, 0) is 50.6 Å². The van der Waals surface area contributed by atoms with Gasteiger partial charge in [-0.15, -0.1) is 24.8 Å². The quantitative estimate of drug-likeness (QED) is 0.862. The van der Waals surface area contributed by atoms with Crippen molar-refractivity contribution in [3.8, 4) is 0 Å². The van der Waals surface area contributed by atoms with Crippen molar-refractivity contribution in [2.24, 2.45) is 0 Å². The van der Waals surface area contributed by atoms with Gasteiger partial charge in [-0.25, -0.2) is 0 Å². The van der Waals surface area contributed by atoms with Crippen molar-refractivity contribution in [3.05, 3.63) is 48.5 Å². The van der Waals surface area contributed by atoms with Crippen LogP contribution in [0.5, 0.6) is 0 Å². The zero-order valence-electron chi connectivity index (χ0n) is 13.5. The van der Waals surface area contributed by atoms with Gasteiger partial charge in [0.2, 0.25) is 5.91 Å². The van der Waals surface area contributed by atoms with E-state index in [0.717, 1.165) is 31.5 Å². The van der Waals surface area contributed by atoms with Gasteiger partial charge in [0.05, 0.1) is 6.04 Å². The minimum absolute atomic E-state index is 0. The molecule has 2 aromatic heterocycles. The van der Waals surface area contributed by atoms with Gasteiger partial charge in [-0.3, -0.25) is 14.5 Å². The summed E-state index contributed by atoms with van der Waals surface area (Å²) in [6.07, 6.45) is 8.59. The van der Waals surface area contributed by atoms with Gasteiger partial charge in [0, 0.05) is 24.8 Å². The highest BCUT2D eigenvalue weighted by molar-refractivity contribution is 5.86. The van der Waals surface area contributed by atoms with Crippen molar-refractivity contribution in [3.63, 3.8) is 0 Å². The van der Waals surface area contributed by atoms with Crippen LogP contribution in [0.3, 0.4) is 0 Å². The number of nitrogens with one attached hydrogen (secondary N) is 2. The Bertz CT molecular complexity index is 615. The Labute approximate surface area is 154 Å². The lowest BCUT2D eigenvalue weighted by molar-refractivity contribution is -0.132. The molecule has 0 spiro atoms. The summed E-state index contributed by atoms with van der Waals surface area (Å²) in [5, 5.41) is 10.8. The number of aromatic nitrogens is 3. The molecule has 0 bridgehead atoms. The summed E-state index contributed by atoms with van der Waals surface area (Å²) >= 11 is 0. The third kappa shape index (κ3) is 4.06. The number of carbonyl (C=O) groups excluding carboxylic acids is 1. The number of amides is 1. The molecule has 3 rings (SSSR count). The van der Waals surface area contributed by atoms with Crippen LogP contribution in [0.25, 0.3) is 0 Å². The van der Waals surface area contributed by atoms with Crippen LogP contribution in [-0.4, -0.2) is 33.8 Å². The molecule has 1 saturated heterocycles. The maximum atomic E-state index is 13.0. The highest BCUT2D eigenvalue weighted by Gasteiger charge is 2.42. The number of halogens is 2. The van der Waals surface area contributed by atoms with Crippen LogP contribution < -0.4 is 10.6 Å². The van der Waals surface area contributed by atoms with Gasteiger partial charge < -0.3 is 10.6 Å². The Balaban J connectivity index is 0.00000144. The molecule has 0 unspecified atom stereocenters. The monoisotopic (exact) mass is 371 g/mol. The molecule has 0 aliphatic carbocycles. The van der Waals surface area contributed by atoms with E-state index in [9.17, 15) is 4.79 Å². The Morgan fingerprint density at radius 1 is 1.29 bits per heavy atom. The zero-order chi connectivity index (χ0) is 15.4. The molecule has 2 aromatic rings. The van der Waals surface area contributed by atoms with E-state index < -0.39 is 5.54 Å². The summed E-state index contributed by atoms with van der Waals surface area (Å²) in [6.45, 7) is 3.61. The fourth-order valence-corrected chi connectivity index (χ4v) is 2.97. The van der Waals surface area contributed by atoms with Crippen molar-refractivity contribution in [1.29, 1.82) is 0 Å². The lowest BCUT2D eigenvalue weighted by Gasteiger charge is -2.37. The summed E-state index contributed by atoms with van der Waals surface area (Å²) in [6, 6.07) is 5.64. The average Bonchev–Trinajstić information content (AvgIpc) is 3.11. The lowest BCUT2D eigenvalue weighted by atomic mass is 9.87. The molecule has 8 heteroatoms. The molecule has 1 amide bonds. The van der Waals surface area contributed by atoms with E-state index in [-0.39, 0.29) is 36.8 Å². The Kier molecular flexibility index (Phi) is 7.66. The number of carbonyl (C=O) groups is 1. The second kappa shape index (κ2) is 9.01. The Hall–Kier alpha value is -1.63. The normalized spacial score (nSPS) is 17.0. The van der Waals surface area contributed by atoms with Crippen molar-refractivity contribution in [2.75, 3.05) is 13.1 Å². The van der Waals surface area contributed by atoms with E-state index in [2.05, 4.69) is 20.7 Å². The number of nitrogens with zero attached hydrogens (tertiary/aromatic N) is 3. The molecule has 132 valence electrons. The number of rotatable bonds is 4. The van der Waals surface area contributed by atoms with Crippen LogP contribution in [0.2, 0.25) is 0 Å². The van der Waals surface area contributed by atoms with Crippen molar-refractivity contribution >= 4 is 30.7 Å². The standard InChI is InChI=1S/C16H21N5O.2ClH/c1-13(14-4-2-7-18-12-14)20-15(22)16(5-9-17-10-6-16)21-11-3-8-19-21;;/h2-4,7-8,11-13,17H,5-6,9-10H2,1H3,(H,20,22);2*1H/t13-;;/m0../s1. The van der Waals surface area contributed by atoms with Crippen LogP contribution in [0, 0.1) is 0 Å². The molecule has 2 N–H and O–H groups in total. The van der Waals surface area contributed by atoms with E-state index in [1.165, 1.54) is 0 Å². The van der Waals surface area contributed by atoms with Gasteiger partial charge in [0.15, 0.2) is 0 Å². The molecule has 0 radical (unpaired) electrons. The van der Waals surface area contributed by atoms with Crippen LogP contribution in [0.4, 0.5) is 0 Å². The minimum Gasteiger partial charge on any atom is -0.347 e. The smallest absolute Gasteiger partial charge is 0.248 e. The van der Waals surface area contributed by atoms with Gasteiger partial charge in [0.1, 0.15) is 5.54 Å². The fraction of sp³-hybridized carbons (Fsp3) is 0.438. The maximum absolute atomic E-state index is 13.0. The summed E-state index contributed by atoms with van der Waals surface area (Å²) in [5.74, 6) is 0.0223. The van der Waals surface area contributed by atoms with Gasteiger partial charge in [0.25, 0.3) is 0 Å². The van der Waals surface area contributed by atoms with Crippen LogP contribution in [-0.2, 0) is 10.3 Å². The van der Waals surface area contributed by atoms with E-state index in [4.69, 9.17) is 0 Å². The average molecular weight is 372 g/mol. The molecule has 1 aliphatic heterocycles. The second-order valence-electron chi connectivity index (χ2n) is 5.71.